The number of rotatable bonds is 4. The lowest BCUT2D eigenvalue weighted by Gasteiger charge is -2.22. The Bertz CT molecular complexity index is 591. The van der Waals surface area contributed by atoms with E-state index in [-0.39, 0.29) is 5.91 Å². The van der Waals surface area contributed by atoms with Gasteiger partial charge in [0.2, 0.25) is 5.91 Å². The summed E-state index contributed by atoms with van der Waals surface area (Å²) in [6.45, 7) is 1.97. The average molecular weight is 286 g/mol. The van der Waals surface area contributed by atoms with Crippen molar-refractivity contribution >= 4 is 11.6 Å². The highest BCUT2D eigenvalue weighted by Crippen LogP contribution is 2.20. The molecule has 1 aromatic heterocycles. The van der Waals surface area contributed by atoms with Gasteiger partial charge in [0.15, 0.2) is 0 Å². The zero-order valence-corrected chi connectivity index (χ0v) is 11.7. The van der Waals surface area contributed by atoms with Gasteiger partial charge in [-0.3, -0.25) is 4.79 Å². The Kier molecular flexibility index (Phi) is 4.20. The summed E-state index contributed by atoms with van der Waals surface area (Å²) >= 11 is 0. The summed E-state index contributed by atoms with van der Waals surface area (Å²) in [7, 11) is 0. The van der Waals surface area contributed by atoms with Crippen LogP contribution in [0.5, 0.6) is 0 Å². The molecule has 3 rings (SSSR count). The number of anilines is 1. The third kappa shape index (κ3) is 3.43. The summed E-state index contributed by atoms with van der Waals surface area (Å²) in [5.41, 5.74) is 1.48. The van der Waals surface area contributed by atoms with Gasteiger partial charge in [0.05, 0.1) is 11.4 Å². The number of tetrazole rings is 1. The fraction of sp³-hybridized carbons (Fsp3) is 0.429. The van der Waals surface area contributed by atoms with E-state index in [9.17, 15) is 4.79 Å². The molecule has 21 heavy (non-hydrogen) atoms. The molecule has 1 fully saturated rings. The third-order valence-corrected chi connectivity index (χ3v) is 3.65. The Hall–Kier alpha value is -2.28. The van der Waals surface area contributed by atoms with E-state index in [1.165, 1.54) is 11.0 Å². The summed E-state index contributed by atoms with van der Waals surface area (Å²) in [5, 5.41) is 17.4. The topological polar surface area (TPSA) is 84.7 Å². The quantitative estimate of drug-likeness (QED) is 0.875. The Balaban J connectivity index is 1.68. The Morgan fingerprint density at radius 3 is 3.10 bits per heavy atom. The van der Waals surface area contributed by atoms with Gasteiger partial charge in [0.25, 0.3) is 0 Å². The molecular formula is C14H18N6O. The van der Waals surface area contributed by atoms with Crippen LogP contribution in [0.3, 0.4) is 0 Å². The molecule has 2 heterocycles. The van der Waals surface area contributed by atoms with Crippen LogP contribution in [-0.4, -0.2) is 39.2 Å². The molecule has 0 saturated carbocycles. The van der Waals surface area contributed by atoms with Crippen LogP contribution < -0.4 is 10.6 Å². The lowest BCUT2D eigenvalue weighted by atomic mass is 9.96. The standard InChI is InChI=1S/C14H18N6O/c21-14(8-11-4-3-7-15-9-11)17-12-5-1-2-6-13(12)20-10-16-18-19-20/h1-2,5-6,10-11,15H,3-4,7-9H2,(H,17,21). The molecule has 0 bridgehead atoms. The smallest absolute Gasteiger partial charge is 0.224 e. The number of para-hydroxylation sites is 2. The number of aromatic nitrogens is 4. The van der Waals surface area contributed by atoms with Crippen molar-refractivity contribution in [2.24, 2.45) is 5.92 Å². The van der Waals surface area contributed by atoms with Crippen LogP contribution in [0.1, 0.15) is 19.3 Å². The minimum absolute atomic E-state index is 0.0317. The van der Waals surface area contributed by atoms with Crippen LogP contribution in [-0.2, 0) is 4.79 Å². The van der Waals surface area contributed by atoms with Crippen LogP contribution in [0.25, 0.3) is 5.69 Å². The number of nitrogens with zero attached hydrogens (tertiary/aromatic N) is 4. The van der Waals surface area contributed by atoms with E-state index in [0.29, 0.717) is 12.3 Å². The molecular weight excluding hydrogens is 268 g/mol. The van der Waals surface area contributed by atoms with Gasteiger partial charge in [0, 0.05) is 6.42 Å². The number of amides is 1. The first kappa shape index (κ1) is 13.7. The molecule has 0 aliphatic carbocycles. The Labute approximate surface area is 122 Å². The summed E-state index contributed by atoms with van der Waals surface area (Å²) in [6.07, 6.45) is 4.29. The molecule has 1 aliphatic heterocycles. The van der Waals surface area contributed by atoms with Gasteiger partial charge in [-0.2, -0.15) is 4.68 Å². The maximum Gasteiger partial charge on any atom is 0.224 e. The SMILES string of the molecule is O=C(CC1CCCNC1)Nc1ccccc1-n1cnnn1. The fourth-order valence-corrected chi connectivity index (χ4v) is 2.61. The van der Waals surface area contributed by atoms with E-state index in [1.807, 2.05) is 24.3 Å². The first-order valence-corrected chi connectivity index (χ1v) is 7.16. The lowest BCUT2D eigenvalue weighted by molar-refractivity contribution is -0.117. The molecule has 0 spiro atoms. The van der Waals surface area contributed by atoms with Crippen molar-refractivity contribution in [2.75, 3.05) is 18.4 Å². The van der Waals surface area contributed by atoms with Crippen LogP contribution in [0.4, 0.5) is 5.69 Å². The molecule has 1 saturated heterocycles. The number of benzene rings is 1. The maximum atomic E-state index is 12.2. The van der Waals surface area contributed by atoms with E-state index < -0.39 is 0 Å². The van der Waals surface area contributed by atoms with Gasteiger partial charge < -0.3 is 10.6 Å². The van der Waals surface area contributed by atoms with E-state index >= 15 is 0 Å². The number of hydrogen-bond acceptors (Lipinski definition) is 5. The van der Waals surface area contributed by atoms with E-state index in [1.54, 1.807) is 0 Å². The van der Waals surface area contributed by atoms with E-state index in [4.69, 9.17) is 0 Å². The largest absolute Gasteiger partial charge is 0.324 e. The van der Waals surface area contributed by atoms with Gasteiger partial charge in [-0.05, 0) is 54.4 Å². The first-order valence-electron chi connectivity index (χ1n) is 7.16. The highest BCUT2D eigenvalue weighted by molar-refractivity contribution is 5.92. The molecule has 1 unspecified atom stereocenters. The Morgan fingerprint density at radius 2 is 2.33 bits per heavy atom. The second-order valence-corrected chi connectivity index (χ2v) is 5.24. The second-order valence-electron chi connectivity index (χ2n) is 5.24. The van der Waals surface area contributed by atoms with Crippen molar-refractivity contribution in [1.82, 2.24) is 25.5 Å². The van der Waals surface area contributed by atoms with E-state index in [2.05, 4.69) is 26.2 Å². The summed E-state index contributed by atoms with van der Waals surface area (Å²) in [4.78, 5) is 12.2. The first-order chi connectivity index (χ1) is 10.3. The molecule has 110 valence electrons. The van der Waals surface area contributed by atoms with Crippen LogP contribution in [0.15, 0.2) is 30.6 Å². The molecule has 1 aliphatic rings. The van der Waals surface area contributed by atoms with Gasteiger partial charge in [0.1, 0.15) is 6.33 Å². The third-order valence-electron chi connectivity index (χ3n) is 3.65. The molecule has 1 atom stereocenters. The minimum atomic E-state index is 0.0317. The molecule has 2 aromatic rings. The highest BCUT2D eigenvalue weighted by atomic mass is 16.1. The number of piperidine rings is 1. The number of hydrogen-bond donors (Lipinski definition) is 2. The number of nitrogens with one attached hydrogen (secondary N) is 2. The molecule has 1 aromatic carbocycles. The van der Waals surface area contributed by atoms with E-state index in [0.717, 1.165) is 37.3 Å². The van der Waals surface area contributed by atoms with Crippen molar-refractivity contribution in [2.45, 2.75) is 19.3 Å². The van der Waals surface area contributed by atoms with Crippen molar-refractivity contribution in [3.8, 4) is 5.69 Å². The molecule has 0 radical (unpaired) electrons. The normalized spacial score (nSPS) is 18.4. The van der Waals surface area contributed by atoms with Gasteiger partial charge in [-0.15, -0.1) is 5.10 Å². The average Bonchev–Trinajstić information content (AvgIpc) is 3.03. The second kappa shape index (κ2) is 6.45. The van der Waals surface area contributed by atoms with Crippen LogP contribution in [0, 0.1) is 5.92 Å². The number of carbonyl (C=O) groups excluding carboxylic acids is 1. The molecule has 7 heteroatoms. The van der Waals surface area contributed by atoms with Crippen molar-refractivity contribution in [3.63, 3.8) is 0 Å². The van der Waals surface area contributed by atoms with Crippen molar-refractivity contribution in [3.05, 3.63) is 30.6 Å². The Morgan fingerprint density at radius 1 is 1.43 bits per heavy atom. The van der Waals surface area contributed by atoms with Crippen LogP contribution >= 0.6 is 0 Å². The van der Waals surface area contributed by atoms with Crippen molar-refractivity contribution in [1.29, 1.82) is 0 Å². The zero-order chi connectivity index (χ0) is 14.5. The van der Waals surface area contributed by atoms with Gasteiger partial charge >= 0.3 is 0 Å². The van der Waals surface area contributed by atoms with Gasteiger partial charge in [-0.1, -0.05) is 12.1 Å². The zero-order valence-electron chi connectivity index (χ0n) is 11.7. The lowest BCUT2D eigenvalue weighted by Crippen LogP contribution is -2.32. The summed E-state index contributed by atoms with van der Waals surface area (Å²) in [5.74, 6) is 0.447. The maximum absolute atomic E-state index is 12.2. The summed E-state index contributed by atoms with van der Waals surface area (Å²) < 4.78 is 1.54. The monoisotopic (exact) mass is 286 g/mol. The van der Waals surface area contributed by atoms with Gasteiger partial charge in [-0.25, -0.2) is 0 Å². The molecule has 2 N–H and O–H groups in total. The predicted octanol–water partition coefficient (Wildman–Crippen LogP) is 0.990. The van der Waals surface area contributed by atoms with Crippen LogP contribution in [0.2, 0.25) is 0 Å². The molecule has 1 amide bonds. The summed E-state index contributed by atoms with van der Waals surface area (Å²) in [6, 6.07) is 7.49. The van der Waals surface area contributed by atoms with Crippen molar-refractivity contribution < 1.29 is 4.79 Å². The molecule has 7 nitrogen and oxygen atoms in total. The fourth-order valence-electron chi connectivity index (χ4n) is 2.61. The number of carbonyl (C=O) groups is 1. The highest BCUT2D eigenvalue weighted by Gasteiger charge is 2.17. The minimum Gasteiger partial charge on any atom is -0.324 e. The predicted molar refractivity (Wildman–Crippen MR) is 78.0 cm³/mol.